The number of rotatable bonds is 5. The first-order valence-corrected chi connectivity index (χ1v) is 10.9. The van der Waals surface area contributed by atoms with Crippen LogP contribution in [-0.4, -0.2) is 22.1 Å². The van der Waals surface area contributed by atoms with E-state index in [1.54, 1.807) is 12.1 Å². The molecular weight excluding hydrogens is 408 g/mol. The van der Waals surface area contributed by atoms with Gasteiger partial charge in [0.05, 0.1) is 5.70 Å². The molecule has 1 aliphatic rings. The second-order valence-corrected chi connectivity index (χ2v) is 8.04. The smallest absolute Gasteiger partial charge is 0.272 e. The van der Waals surface area contributed by atoms with Gasteiger partial charge in [0.15, 0.2) is 0 Å². The highest BCUT2D eigenvalue weighted by molar-refractivity contribution is 5.96. The molecule has 1 heterocycles. The minimum Gasteiger partial charge on any atom is -0.378 e. The first-order valence-electron chi connectivity index (χ1n) is 10.9. The topological polar surface area (TPSA) is 52.6 Å². The summed E-state index contributed by atoms with van der Waals surface area (Å²) in [6, 6.07) is 37.3. The van der Waals surface area contributed by atoms with Crippen molar-refractivity contribution < 1.29 is 9.90 Å². The monoisotopic (exact) mass is 432 g/mol. The Morgan fingerprint density at radius 2 is 1.15 bits per heavy atom. The number of carbonyl (C=O) groups excluding carboxylic acids is 1. The average Bonchev–Trinajstić information content (AvgIpc) is 3.36. The van der Waals surface area contributed by atoms with Gasteiger partial charge in [-0.2, -0.15) is 0 Å². The molecule has 2 N–H and O–H groups in total. The maximum Gasteiger partial charge on any atom is 0.272 e. The van der Waals surface area contributed by atoms with E-state index in [9.17, 15) is 9.90 Å². The summed E-state index contributed by atoms with van der Waals surface area (Å²) in [6.07, 6.45) is 1.94. The van der Waals surface area contributed by atoms with Crippen LogP contribution < -0.4 is 5.43 Å². The molecule has 4 nitrogen and oxygen atoms in total. The minimum atomic E-state index is -1.48. The first kappa shape index (κ1) is 20.7. The molecule has 33 heavy (non-hydrogen) atoms. The number of hydrogen-bond acceptors (Lipinski definition) is 3. The molecule has 162 valence electrons. The lowest BCUT2D eigenvalue weighted by Crippen LogP contribution is -2.54. The number of hydrogen-bond donors (Lipinski definition) is 2. The normalized spacial score (nSPS) is 15.6. The number of nitrogens with one attached hydrogen (secondary N) is 1. The van der Waals surface area contributed by atoms with Crippen LogP contribution in [0.15, 0.2) is 127 Å². The van der Waals surface area contributed by atoms with Gasteiger partial charge in [0.25, 0.3) is 5.91 Å². The van der Waals surface area contributed by atoms with Crippen molar-refractivity contribution in [2.24, 2.45) is 0 Å². The van der Waals surface area contributed by atoms with E-state index in [-0.39, 0.29) is 5.91 Å². The van der Waals surface area contributed by atoms with E-state index < -0.39 is 11.6 Å². The van der Waals surface area contributed by atoms with Gasteiger partial charge < -0.3 is 5.11 Å². The van der Waals surface area contributed by atoms with Crippen molar-refractivity contribution in [3.63, 3.8) is 0 Å². The van der Waals surface area contributed by atoms with Gasteiger partial charge in [-0.3, -0.25) is 10.2 Å². The fraction of sp³-hybridized carbons (Fsp3) is 0.0690. The standard InChI is InChI=1S/C29H24N2O2/c32-28(23-15-7-2-8-16-23)31-27(21-26(30-31)22-13-5-1-6-14-22)29(33,24-17-9-3-10-18-24)25-19-11-4-12-20-25/h1-21,27,30,33H. The molecule has 0 saturated carbocycles. The van der Waals surface area contributed by atoms with Crippen LogP contribution in [0.3, 0.4) is 0 Å². The minimum absolute atomic E-state index is 0.215. The SMILES string of the molecule is O=C(c1ccccc1)N1NC(c2ccccc2)=CC1C(O)(c1ccccc1)c1ccccc1. The first-order chi connectivity index (χ1) is 16.2. The third-order valence-corrected chi connectivity index (χ3v) is 6.02. The maximum atomic E-state index is 13.7. The zero-order valence-electron chi connectivity index (χ0n) is 18.0. The highest BCUT2D eigenvalue weighted by Gasteiger charge is 2.47. The number of hydrazine groups is 1. The van der Waals surface area contributed by atoms with E-state index in [0.717, 1.165) is 11.3 Å². The maximum absolute atomic E-state index is 13.7. The molecular formula is C29H24N2O2. The Kier molecular flexibility index (Phi) is 5.51. The summed E-state index contributed by atoms with van der Waals surface area (Å²) in [5.41, 5.74) is 5.48. The summed E-state index contributed by atoms with van der Waals surface area (Å²) < 4.78 is 0. The van der Waals surface area contributed by atoms with Crippen molar-refractivity contribution in [2.45, 2.75) is 11.6 Å². The van der Waals surface area contributed by atoms with Crippen LogP contribution in [0.4, 0.5) is 0 Å². The second-order valence-electron chi connectivity index (χ2n) is 8.04. The highest BCUT2D eigenvalue weighted by atomic mass is 16.3. The Morgan fingerprint density at radius 3 is 1.67 bits per heavy atom. The van der Waals surface area contributed by atoms with Gasteiger partial charge in [0, 0.05) is 5.56 Å². The third kappa shape index (κ3) is 3.81. The van der Waals surface area contributed by atoms with Gasteiger partial charge in [-0.05, 0) is 34.9 Å². The molecule has 1 amide bonds. The molecule has 4 heteroatoms. The van der Waals surface area contributed by atoms with Crippen molar-refractivity contribution >= 4 is 11.6 Å². The highest BCUT2D eigenvalue weighted by Crippen LogP contribution is 2.40. The molecule has 4 aromatic carbocycles. The zero-order valence-corrected chi connectivity index (χ0v) is 18.0. The van der Waals surface area contributed by atoms with Gasteiger partial charge in [-0.15, -0.1) is 0 Å². The van der Waals surface area contributed by atoms with E-state index in [0.29, 0.717) is 16.7 Å². The van der Waals surface area contributed by atoms with Crippen LogP contribution >= 0.6 is 0 Å². The lowest BCUT2D eigenvalue weighted by atomic mass is 9.79. The summed E-state index contributed by atoms with van der Waals surface area (Å²) in [4.78, 5) is 13.7. The van der Waals surface area contributed by atoms with Gasteiger partial charge in [-0.25, -0.2) is 5.01 Å². The van der Waals surface area contributed by atoms with Crippen molar-refractivity contribution in [1.82, 2.24) is 10.4 Å². The predicted octanol–water partition coefficient (Wildman–Crippen LogP) is 4.99. The molecule has 0 aromatic heterocycles. The van der Waals surface area contributed by atoms with Crippen molar-refractivity contribution in [2.75, 3.05) is 0 Å². The molecule has 1 aliphatic heterocycles. The Hall–Kier alpha value is -4.15. The van der Waals surface area contributed by atoms with Crippen LogP contribution in [0.2, 0.25) is 0 Å². The molecule has 0 saturated heterocycles. The Balaban J connectivity index is 1.68. The summed E-state index contributed by atoms with van der Waals surface area (Å²) in [5, 5.41) is 13.9. The average molecular weight is 433 g/mol. The molecule has 0 radical (unpaired) electrons. The molecule has 0 fully saturated rings. The summed E-state index contributed by atoms with van der Waals surface area (Å²) in [5.74, 6) is -0.215. The number of carbonyl (C=O) groups is 1. The molecule has 0 aliphatic carbocycles. The van der Waals surface area contributed by atoms with E-state index in [1.807, 2.05) is 115 Å². The van der Waals surface area contributed by atoms with E-state index in [1.165, 1.54) is 5.01 Å². The van der Waals surface area contributed by atoms with Crippen LogP contribution in [-0.2, 0) is 5.60 Å². The fourth-order valence-corrected chi connectivity index (χ4v) is 4.34. The second kappa shape index (κ2) is 8.77. The van der Waals surface area contributed by atoms with Gasteiger partial charge in [0.1, 0.15) is 11.6 Å². The molecule has 4 aromatic rings. The molecule has 1 atom stereocenters. The molecule has 0 spiro atoms. The number of benzene rings is 4. The summed E-state index contributed by atoms with van der Waals surface area (Å²) in [6.45, 7) is 0. The predicted molar refractivity (Wildman–Crippen MR) is 130 cm³/mol. The molecule has 0 bridgehead atoms. The fourth-order valence-electron chi connectivity index (χ4n) is 4.34. The van der Waals surface area contributed by atoms with Gasteiger partial charge >= 0.3 is 0 Å². The van der Waals surface area contributed by atoms with Gasteiger partial charge in [-0.1, -0.05) is 109 Å². The molecule has 5 rings (SSSR count). The van der Waals surface area contributed by atoms with Crippen LogP contribution in [0.5, 0.6) is 0 Å². The Bertz CT molecular complexity index is 1220. The number of amides is 1. The number of nitrogens with zero attached hydrogens (tertiary/aromatic N) is 1. The lowest BCUT2D eigenvalue weighted by molar-refractivity contribution is -0.000757. The van der Waals surface area contributed by atoms with E-state index in [2.05, 4.69) is 5.43 Å². The Morgan fingerprint density at radius 1 is 0.697 bits per heavy atom. The number of aliphatic hydroxyl groups is 1. The Labute approximate surface area is 193 Å². The van der Waals surface area contributed by atoms with E-state index in [4.69, 9.17) is 0 Å². The van der Waals surface area contributed by atoms with Crippen molar-refractivity contribution in [1.29, 1.82) is 0 Å². The lowest BCUT2D eigenvalue weighted by Gasteiger charge is -2.39. The molecule has 1 unspecified atom stereocenters. The zero-order chi connectivity index (χ0) is 22.7. The summed E-state index contributed by atoms with van der Waals surface area (Å²) in [7, 11) is 0. The quantitative estimate of drug-likeness (QED) is 0.467. The van der Waals surface area contributed by atoms with Crippen LogP contribution in [0.25, 0.3) is 5.70 Å². The van der Waals surface area contributed by atoms with Gasteiger partial charge in [0.2, 0.25) is 0 Å². The van der Waals surface area contributed by atoms with Crippen LogP contribution in [0, 0.1) is 0 Å². The summed E-state index contributed by atoms with van der Waals surface area (Å²) >= 11 is 0. The van der Waals surface area contributed by atoms with Crippen LogP contribution in [0.1, 0.15) is 27.0 Å². The van der Waals surface area contributed by atoms with Crippen molar-refractivity contribution in [3.8, 4) is 0 Å². The third-order valence-electron chi connectivity index (χ3n) is 6.02. The van der Waals surface area contributed by atoms with Crippen molar-refractivity contribution in [3.05, 3.63) is 150 Å². The van der Waals surface area contributed by atoms with E-state index >= 15 is 0 Å². The largest absolute Gasteiger partial charge is 0.378 e.